The third kappa shape index (κ3) is 15.3. The molecule has 35 heavy (non-hydrogen) atoms. The normalized spacial score (nSPS) is 13.0. The molecule has 0 saturated heterocycles. The fourth-order valence-corrected chi connectivity index (χ4v) is 3.31. The molecule has 0 aliphatic rings. The first kappa shape index (κ1) is 31.7. The van der Waals surface area contributed by atoms with E-state index in [-0.39, 0.29) is 44.4 Å². The van der Waals surface area contributed by atoms with Crippen molar-refractivity contribution in [2.45, 2.75) is 50.2 Å². The van der Waals surface area contributed by atoms with Crippen LogP contribution in [0.25, 0.3) is 0 Å². The van der Waals surface area contributed by atoms with E-state index in [0.717, 1.165) is 0 Å². The van der Waals surface area contributed by atoms with Gasteiger partial charge in [0.15, 0.2) is 11.9 Å². The van der Waals surface area contributed by atoms with Gasteiger partial charge >= 0.3 is 5.97 Å². The summed E-state index contributed by atoms with van der Waals surface area (Å²) in [6, 6.07) is -3.23. The monoisotopic (exact) mass is 518 g/mol. The number of nitrogens with zero attached hydrogens (tertiary/aromatic N) is 2. The van der Waals surface area contributed by atoms with Gasteiger partial charge in [0.05, 0.1) is 6.54 Å². The first-order valence-electron chi connectivity index (χ1n) is 10.9. The summed E-state index contributed by atoms with van der Waals surface area (Å²) in [5.41, 5.74) is 26.4. The molecule has 0 radical (unpaired) electrons. The van der Waals surface area contributed by atoms with Crippen LogP contribution in [0.4, 0.5) is 0 Å². The average molecular weight is 519 g/mol. The summed E-state index contributed by atoms with van der Waals surface area (Å²) in [7, 11) is 0. The van der Waals surface area contributed by atoms with Gasteiger partial charge in [0.25, 0.3) is 0 Å². The number of carbonyl (C=O) groups is 4. The standard InChI is InChI=1S/C19H38N10O5S/c1-35-9-6-12(27-14(30)10-20)16(32)28-11(4-2-7-25-18(21)22)15(31)29-13(17(33)34)5-3-8-26-19(23)24/h11-13H,2-10,20H2,1H3,(H,27,30)(H,28,32)(H,29,31)(H,33,34)(H4,21,22,25)(H4,23,24,26). The molecule has 0 bridgehead atoms. The maximum atomic E-state index is 12.9. The summed E-state index contributed by atoms with van der Waals surface area (Å²) in [5.74, 6) is -2.74. The molecule has 0 aromatic heterocycles. The quantitative estimate of drug-likeness (QED) is 0.0484. The maximum absolute atomic E-state index is 12.9. The number of carboxylic acid groups (broad SMARTS) is 1. The SMILES string of the molecule is CSCCC(NC(=O)CN)C(=O)NC(CCCN=C(N)N)C(=O)NC(CCCN=C(N)N)C(=O)O. The Hall–Kier alpha value is -3.27. The van der Waals surface area contributed by atoms with Crippen molar-refractivity contribution in [3.05, 3.63) is 0 Å². The average Bonchev–Trinajstić information content (AvgIpc) is 2.79. The summed E-state index contributed by atoms with van der Waals surface area (Å²) >= 11 is 1.48. The molecule has 0 aliphatic heterocycles. The topological polar surface area (TPSA) is 279 Å². The largest absolute Gasteiger partial charge is 0.480 e. The highest BCUT2D eigenvalue weighted by Crippen LogP contribution is 2.06. The van der Waals surface area contributed by atoms with Gasteiger partial charge in [-0.15, -0.1) is 0 Å². The lowest BCUT2D eigenvalue weighted by Gasteiger charge is -2.24. The lowest BCUT2D eigenvalue weighted by atomic mass is 10.1. The van der Waals surface area contributed by atoms with E-state index in [1.54, 1.807) is 0 Å². The second-order valence-corrected chi connectivity index (χ2v) is 8.45. The Morgan fingerprint density at radius 2 is 1.26 bits per heavy atom. The van der Waals surface area contributed by atoms with Gasteiger partial charge in [-0.3, -0.25) is 24.4 Å². The fraction of sp³-hybridized carbons (Fsp3) is 0.684. The summed E-state index contributed by atoms with van der Waals surface area (Å²) < 4.78 is 0. The van der Waals surface area contributed by atoms with Gasteiger partial charge in [-0.25, -0.2) is 4.79 Å². The number of carbonyl (C=O) groups excluding carboxylic acids is 3. The minimum absolute atomic E-state index is 0.0649. The molecule has 0 spiro atoms. The van der Waals surface area contributed by atoms with Crippen molar-refractivity contribution in [1.82, 2.24) is 16.0 Å². The molecule has 3 atom stereocenters. The van der Waals surface area contributed by atoms with Crippen LogP contribution in [0, 0.1) is 0 Å². The van der Waals surface area contributed by atoms with Gasteiger partial charge in [0.1, 0.15) is 18.1 Å². The molecule has 0 aromatic rings. The van der Waals surface area contributed by atoms with Crippen LogP contribution in [-0.2, 0) is 19.2 Å². The van der Waals surface area contributed by atoms with Gasteiger partial charge in [-0.2, -0.15) is 11.8 Å². The van der Waals surface area contributed by atoms with E-state index >= 15 is 0 Å². The number of thioether (sulfide) groups is 1. The first-order valence-corrected chi connectivity index (χ1v) is 12.3. The van der Waals surface area contributed by atoms with Gasteiger partial charge in [0, 0.05) is 13.1 Å². The van der Waals surface area contributed by atoms with E-state index < -0.39 is 41.8 Å². The lowest BCUT2D eigenvalue weighted by molar-refractivity contribution is -0.142. The Morgan fingerprint density at radius 3 is 1.69 bits per heavy atom. The molecular formula is C19H38N10O5S. The van der Waals surface area contributed by atoms with Crippen LogP contribution in [0.2, 0.25) is 0 Å². The van der Waals surface area contributed by atoms with Crippen molar-refractivity contribution in [2.24, 2.45) is 38.7 Å². The Labute approximate surface area is 208 Å². The zero-order valence-corrected chi connectivity index (χ0v) is 20.7. The van der Waals surface area contributed by atoms with E-state index in [0.29, 0.717) is 25.0 Å². The number of aliphatic imine (C=N–C) groups is 2. The fourth-order valence-electron chi connectivity index (χ4n) is 2.84. The summed E-state index contributed by atoms with van der Waals surface area (Å²) in [4.78, 5) is 56.8. The molecule has 15 nitrogen and oxygen atoms in total. The van der Waals surface area contributed by atoms with Crippen molar-refractivity contribution < 1.29 is 24.3 Å². The highest BCUT2D eigenvalue weighted by atomic mass is 32.2. The Morgan fingerprint density at radius 1 is 0.800 bits per heavy atom. The molecule has 0 aliphatic carbocycles. The second kappa shape index (κ2) is 18.1. The zero-order valence-electron chi connectivity index (χ0n) is 19.9. The number of guanidine groups is 2. The number of rotatable bonds is 18. The molecule has 3 unspecified atom stereocenters. The molecule has 0 rings (SSSR count). The van der Waals surface area contributed by atoms with Crippen molar-refractivity contribution in [3.8, 4) is 0 Å². The zero-order chi connectivity index (χ0) is 26.8. The number of nitrogens with two attached hydrogens (primary N) is 5. The van der Waals surface area contributed by atoms with E-state index in [4.69, 9.17) is 28.7 Å². The summed E-state index contributed by atoms with van der Waals surface area (Å²) in [5, 5.41) is 17.0. The van der Waals surface area contributed by atoms with Crippen molar-refractivity contribution in [3.63, 3.8) is 0 Å². The second-order valence-electron chi connectivity index (χ2n) is 7.46. The molecule has 16 heteroatoms. The van der Waals surface area contributed by atoms with E-state index in [1.165, 1.54) is 11.8 Å². The van der Waals surface area contributed by atoms with Crippen molar-refractivity contribution >= 4 is 47.4 Å². The minimum atomic E-state index is -1.25. The van der Waals surface area contributed by atoms with Crippen LogP contribution in [0.1, 0.15) is 32.1 Å². The summed E-state index contributed by atoms with van der Waals surface area (Å²) in [6.45, 7) is 0.0902. The number of carboxylic acids is 1. The smallest absolute Gasteiger partial charge is 0.326 e. The molecule has 0 saturated carbocycles. The van der Waals surface area contributed by atoms with E-state index in [1.807, 2.05) is 6.26 Å². The van der Waals surface area contributed by atoms with E-state index in [9.17, 15) is 24.3 Å². The van der Waals surface area contributed by atoms with Gasteiger partial charge in [-0.1, -0.05) is 0 Å². The predicted octanol–water partition coefficient (Wildman–Crippen LogP) is -3.66. The Balaban J connectivity index is 5.43. The molecule has 0 fully saturated rings. The molecule has 14 N–H and O–H groups in total. The van der Waals surface area contributed by atoms with Gasteiger partial charge < -0.3 is 49.7 Å². The molecule has 0 aromatic carbocycles. The number of amides is 3. The Kier molecular flexibility index (Phi) is 16.4. The van der Waals surface area contributed by atoms with E-state index in [2.05, 4.69) is 25.9 Å². The number of hydrogen-bond donors (Lipinski definition) is 9. The predicted molar refractivity (Wildman–Crippen MR) is 135 cm³/mol. The van der Waals surface area contributed by atoms with Crippen LogP contribution in [-0.4, -0.2) is 90.5 Å². The Bertz CT molecular complexity index is 756. The van der Waals surface area contributed by atoms with Crippen LogP contribution in [0.5, 0.6) is 0 Å². The van der Waals surface area contributed by atoms with Gasteiger partial charge in [0.2, 0.25) is 17.7 Å². The number of hydrogen-bond acceptors (Lipinski definition) is 8. The highest BCUT2D eigenvalue weighted by molar-refractivity contribution is 7.98. The first-order chi connectivity index (χ1) is 16.5. The van der Waals surface area contributed by atoms with Crippen LogP contribution in [0.3, 0.4) is 0 Å². The molecule has 0 heterocycles. The number of aliphatic carboxylic acids is 1. The molecular weight excluding hydrogens is 480 g/mol. The maximum Gasteiger partial charge on any atom is 0.326 e. The van der Waals surface area contributed by atoms with Crippen molar-refractivity contribution in [2.75, 3.05) is 31.6 Å². The summed E-state index contributed by atoms with van der Waals surface area (Å²) in [6.07, 6.45) is 2.97. The van der Waals surface area contributed by atoms with Crippen LogP contribution >= 0.6 is 11.8 Å². The molecule has 200 valence electrons. The minimum Gasteiger partial charge on any atom is -0.480 e. The van der Waals surface area contributed by atoms with Gasteiger partial charge in [-0.05, 0) is 44.1 Å². The third-order valence-electron chi connectivity index (χ3n) is 4.59. The number of nitrogens with one attached hydrogen (secondary N) is 3. The van der Waals surface area contributed by atoms with Crippen LogP contribution < -0.4 is 44.6 Å². The van der Waals surface area contributed by atoms with Crippen LogP contribution in [0.15, 0.2) is 9.98 Å². The highest BCUT2D eigenvalue weighted by Gasteiger charge is 2.29. The lowest BCUT2D eigenvalue weighted by Crippen LogP contribution is -2.56. The molecule has 3 amide bonds. The third-order valence-corrected chi connectivity index (χ3v) is 5.23. The van der Waals surface area contributed by atoms with Crippen molar-refractivity contribution in [1.29, 1.82) is 0 Å².